The molecule has 2 aromatic rings. The van der Waals surface area contributed by atoms with Crippen LogP contribution < -0.4 is 10.1 Å². The van der Waals surface area contributed by atoms with E-state index in [1.807, 2.05) is 13.8 Å². The number of benzene rings is 1. The molecular formula is C16H18F2N2O2S. The third-order valence-corrected chi connectivity index (χ3v) is 4.19. The lowest BCUT2D eigenvalue weighted by atomic mass is 10.1. The summed E-state index contributed by atoms with van der Waals surface area (Å²) in [5.74, 6) is -0.00660. The molecule has 0 saturated heterocycles. The molecule has 0 atom stereocenters. The largest absolute Gasteiger partial charge is 0.435 e. The first-order valence-electron chi connectivity index (χ1n) is 7.27. The minimum atomic E-state index is -2.83. The summed E-state index contributed by atoms with van der Waals surface area (Å²) in [6, 6.07) is 6.29. The normalized spacial score (nSPS) is 10.8. The Morgan fingerprint density at radius 1 is 1.35 bits per heavy atom. The lowest BCUT2D eigenvalue weighted by Gasteiger charge is -2.06. The fourth-order valence-corrected chi connectivity index (χ4v) is 3.01. The zero-order valence-electron chi connectivity index (χ0n) is 12.9. The van der Waals surface area contributed by atoms with Gasteiger partial charge in [0.15, 0.2) is 5.13 Å². The molecule has 1 N–H and O–H groups in total. The summed E-state index contributed by atoms with van der Waals surface area (Å²) < 4.78 is 28.4. The van der Waals surface area contributed by atoms with Crippen LogP contribution in [0.2, 0.25) is 0 Å². The summed E-state index contributed by atoms with van der Waals surface area (Å²) in [7, 11) is 0. The number of ether oxygens (including phenoxy) is 1. The molecule has 1 heterocycles. The predicted octanol–water partition coefficient (Wildman–Crippen LogP) is 4.19. The highest BCUT2D eigenvalue weighted by Gasteiger charge is 2.10. The molecule has 7 heteroatoms. The van der Waals surface area contributed by atoms with Crippen molar-refractivity contribution in [3.63, 3.8) is 0 Å². The molecule has 0 aliphatic heterocycles. The topological polar surface area (TPSA) is 51.2 Å². The quantitative estimate of drug-likeness (QED) is 0.822. The highest BCUT2D eigenvalue weighted by molar-refractivity contribution is 7.15. The van der Waals surface area contributed by atoms with Crippen molar-refractivity contribution < 1.29 is 18.3 Å². The number of carbonyl (C=O) groups is 1. The Morgan fingerprint density at radius 3 is 2.61 bits per heavy atom. The second kappa shape index (κ2) is 8.01. The number of rotatable bonds is 7. The lowest BCUT2D eigenvalue weighted by Crippen LogP contribution is -2.12. The minimum absolute atomic E-state index is 0.110. The van der Waals surface area contributed by atoms with Gasteiger partial charge in [-0.05, 0) is 37.5 Å². The Hall–Kier alpha value is -2.02. The molecule has 124 valence electrons. The van der Waals surface area contributed by atoms with Crippen LogP contribution in [0.4, 0.5) is 13.9 Å². The number of hydrogen-bond acceptors (Lipinski definition) is 4. The van der Waals surface area contributed by atoms with Gasteiger partial charge in [-0.15, -0.1) is 11.3 Å². The maximum atomic E-state index is 12.1. The van der Waals surface area contributed by atoms with Gasteiger partial charge in [0.25, 0.3) is 0 Å². The summed E-state index contributed by atoms with van der Waals surface area (Å²) in [6.07, 6.45) is 1.66. The van der Waals surface area contributed by atoms with Gasteiger partial charge in [-0.1, -0.05) is 19.1 Å². The van der Waals surface area contributed by atoms with Crippen molar-refractivity contribution in [1.29, 1.82) is 0 Å². The van der Waals surface area contributed by atoms with E-state index in [1.54, 1.807) is 12.1 Å². The van der Waals surface area contributed by atoms with E-state index >= 15 is 0 Å². The van der Waals surface area contributed by atoms with Gasteiger partial charge in [-0.3, -0.25) is 4.79 Å². The Labute approximate surface area is 137 Å². The third-order valence-electron chi connectivity index (χ3n) is 3.26. The molecule has 1 aromatic carbocycles. The number of nitrogens with zero attached hydrogens (tertiary/aromatic N) is 1. The molecule has 0 fully saturated rings. The van der Waals surface area contributed by atoms with Crippen molar-refractivity contribution in [2.45, 2.75) is 39.7 Å². The smallest absolute Gasteiger partial charge is 0.387 e. The standard InChI is InChI=1S/C16H18F2N2O2S/c1-3-13-10(2)23-16(19-13)20-14(21)9-6-11-4-7-12(8-5-11)22-15(17)18/h4-5,7-8,15H,3,6,9H2,1-2H3,(H,19,20,21). The van der Waals surface area contributed by atoms with E-state index in [4.69, 9.17) is 0 Å². The molecule has 0 aliphatic carbocycles. The van der Waals surface area contributed by atoms with Gasteiger partial charge in [-0.25, -0.2) is 4.98 Å². The summed E-state index contributed by atoms with van der Waals surface area (Å²) >= 11 is 1.47. The number of nitrogens with one attached hydrogen (secondary N) is 1. The molecule has 1 aromatic heterocycles. The van der Waals surface area contributed by atoms with Gasteiger partial charge < -0.3 is 10.1 Å². The Kier molecular flexibility index (Phi) is 6.04. The van der Waals surface area contributed by atoms with Crippen molar-refractivity contribution in [2.75, 3.05) is 5.32 Å². The number of carbonyl (C=O) groups excluding carboxylic acids is 1. The summed E-state index contributed by atoms with van der Waals surface area (Å²) in [6.45, 7) is 1.17. The van der Waals surface area contributed by atoms with E-state index in [-0.39, 0.29) is 11.7 Å². The molecule has 4 nitrogen and oxygen atoms in total. The predicted molar refractivity (Wildman–Crippen MR) is 86.3 cm³/mol. The van der Waals surface area contributed by atoms with Gasteiger partial charge in [0.1, 0.15) is 5.75 Å². The molecule has 0 radical (unpaired) electrons. The number of alkyl halides is 2. The summed E-state index contributed by atoms with van der Waals surface area (Å²) in [5.41, 5.74) is 1.88. The average molecular weight is 340 g/mol. The molecule has 0 bridgehead atoms. The fourth-order valence-electron chi connectivity index (χ4n) is 2.09. The highest BCUT2D eigenvalue weighted by atomic mass is 32.1. The molecule has 2 rings (SSSR count). The molecule has 0 aliphatic rings. The van der Waals surface area contributed by atoms with Crippen molar-refractivity contribution in [2.24, 2.45) is 0 Å². The Balaban J connectivity index is 1.83. The van der Waals surface area contributed by atoms with Gasteiger partial charge in [0.2, 0.25) is 5.91 Å². The van der Waals surface area contributed by atoms with E-state index in [0.717, 1.165) is 22.6 Å². The van der Waals surface area contributed by atoms with Crippen molar-refractivity contribution in [3.8, 4) is 5.75 Å². The van der Waals surface area contributed by atoms with Crippen molar-refractivity contribution >= 4 is 22.4 Å². The van der Waals surface area contributed by atoms with E-state index < -0.39 is 6.61 Å². The number of thiazole rings is 1. The van der Waals surface area contributed by atoms with E-state index in [2.05, 4.69) is 15.0 Å². The number of hydrogen-bond donors (Lipinski definition) is 1. The summed E-state index contributed by atoms with van der Waals surface area (Å²) in [4.78, 5) is 17.4. The van der Waals surface area contributed by atoms with Crippen LogP contribution >= 0.6 is 11.3 Å². The van der Waals surface area contributed by atoms with Gasteiger partial charge in [0.05, 0.1) is 5.69 Å². The van der Waals surface area contributed by atoms with Crippen molar-refractivity contribution in [1.82, 2.24) is 4.98 Å². The number of aromatic nitrogens is 1. The zero-order valence-corrected chi connectivity index (χ0v) is 13.8. The number of halogens is 2. The van der Waals surface area contributed by atoms with Crippen LogP contribution in [0.5, 0.6) is 5.75 Å². The number of aryl methyl sites for hydroxylation is 3. The van der Waals surface area contributed by atoms with Crippen LogP contribution in [-0.2, 0) is 17.6 Å². The van der Waals surface area contributed by atoms with E-state index in [0.29, 0.717) is 18.0 Å². The second-order valence-corrected chi connectivity index (χ2v) is 6.15. The van der Waals surface area contributed by atoms with Crippen LogP contribution in [0, 0.1) is 6.92 Å². The monoisotopic (exact) mass is 340 g/mol. The Bertz CT molecular complexity index is 657. The summed E-state index contributed by atoms with van der Waals surface area (Å²) in [5, 5.41) is 3.41. The van der Waals surface area contributed by atoms with E-state index in [1.165, 1.54) is 23.5 Å². The first kappa shape index (κ1) is 17.3. The zero-order chi connectivity index (χ0) is 16.8. The molecule has 0 unspecified atom stereocenters. The third kappa shape index (κ3) is 5.28. The first-order valence-corrected chi connectivity index (χ1v) is 8.09. The average Bonchev–Trinajstić information content (AvgIpc) is 2.85. The van der Waals surface area contributed by atoms with Crippen molar-refractivity contribution in [3.05, 3.63) is 40.4 Å². The maximum Gasteiger partial charge on any atom is 0.387 e. The molecule has 1 amide bonds. The molecule has 0 spiro atoms. The SMILES string of the molecule is CCc1nc(NC(=O)CCc2ccc(OC(F)F)cc2)sc1C. The van der Waals surface area contributed by atoms with Gasteiger partial charge >= 0.3 is 6.61 Å². The lowest BCUT2D eigenvalue weighted by molar-refractivity contribution is -0.116. The Morgan fingerprint density at radius 2 is 2.04 bits per heavy atom. The molecule has 0 saturated carbocycles. The second-order valence-electron chi connectivity index (χ2n) is 4.95. The van der Waals surface area contributed by atoms with Crippen LogP contribution in [0.15, 0.2) is 24.3 Å². The highest BCUT2D eigenvalue weighted by Crippen LogP contribution is 2.22. The number of anilines is 1. The van der Waals surface area contributed by atoms with Crippen LogP contribution in [0.1, 0.15) is 29.5 Å². The van der Waals surface area contributed by atoms with E-state index in [9.17, 15) is 13.6 Å². The minimum Gasteiger partial charge on any atom is -0.435 e. The van der Waals surface area contributed by atoms with Gasteiger partial charge in [-0.2, -0.15) is 8.78 Å². The maximum absolute atomic E-state index is 12.1. The fraction of sp³-hybridized carbons (Fsp3) is 0.375. The van der Waals surface area contributed by atoms with Crippen LogP contribution in [0.3, 0.4) is 0 Å². The van der Waals surface area contributed by atoms with Crippen LogP contribution in [0.25, 0.3) is 0 Å². The number of amides is 1. The van der Waals surface area contributed by atoms with Gasteiger partial charge in [0, 0.05) is 11.3 Å². The molecular weight excluding hydrogens is 322 g/mol. The molecule has 23 heavy (non-hydrogen) atoms. The first-order chi connectivity index (χ1) is 11.0. The van der Waals surface area contributed by atoms with Crippen LogP contribution in [-0.4, -0.2) is 17.5 Å².